The lowest BCUT2D eigenvalue weighted by Crippen LogP contribution is -2.43. The maximum atomic E-state index is 12.8. The van der Waals surface area contributed by atoms with E-state index in [0.717, 1.165) is 28.9 Å². The molecule has 1 aromatic carbocycles. The summed E-state index contributed by atoms with van der Waals surface area (Å²) in [5, 5.41) is 3.47. The lowest BCUT2D eigenvalue weighted by Gasteiger charge is -2.39. The maximum absolute atomic E-state index is 12.8. The summed E-state index contributed by atoms with van der Waals surface area (Å²) in [4.78, 5) is 41.9. The van der Waals surface area contributed by atoms with Crippen molar-refractivity contribution in [2.24, 2.45) is 0 Å². The van der Waals surface area contributed by atoms with E-state index in [1.165, 1.54) is 0 Å². The second-order valence-electron chi connectivity index (χ2n) is 8.87. The SMILES string of the molecule is CC(=O)N1c2ccc(-c3ccc(C(=O)N4CCOCC4)cn3)cc2[C@H](Nc2cnccn2)C[C@@H]1C. The summed E-state index contributed by atoms with van der Waals surface area (Å²) in [6.45, 7) is 5.96. The first-order chi connectivity index (χ1) is 17.0. The third-order valence-corrected chi connectivity index (χ3v) is 6.51. The molecule has 4 heterocycles. The molecule has 9 heteroatoms. The van der Waals surface area contributed by atoms with Crippen LogP contribution >= 0.6 is 0 Å². The Morgan fingerprint density at radius 2 is 1.89 bits per heavy atom. The smallest absolute Gasteiger partial charge is 0.255 e. The van der Waals surface area contributed by atoms with Crippen molar-refractivity contribution in [2.45, 2.75) is 32.4 Å². The largest absolute Gasteiger partial charge is 0.378 e. The van der Waals surface area contributed by atoms with Crippen molar-refractivity contribution in [3.63, 3.8) is 0 Å². The Balaban J connectivity index is 1.45. The highest BCUT2D eigenvalue weighted by atomic mass is 16.5. The molecule has 9 nitrogen and oxygen atoms in total. The topological polar surface area (TPSA) is 101 Å². The summed E-state index contributed by atoms with van der Waals surface area (Å²) >= 11 is 0. The highest BCUT2D eigenvalue weighted by Gasteiger charge is 2.33. The molecule has 5 rings (SSSR count). The minimum absolute atomic E-state index is 0.00792. The second kappa shape index (κ2) is 9.79. The monoisotopic (exact) mass is 472 g/mol. The van der Waals surface area contributed by atoms with E-state index in [2.05, 4.69) is 33.3 Å². The molecular formula is C26H28N6O3. The standard InChI is InChI=1S/C26H28N6O3/c1-17-13-23(30-25-16-27-7-8-28-25)21-14-19(4-6-24(21)32(17)18(2)33)22-5-3-20(15-29-22)26(34)31-9-11-35-12-10-31/h3-8,14-17,23H,9-13H2,1-2H3,(H,28,30)/t17-,23+/m0/s1. The third-order valence-electron chi connectivity index (χ3n) is 6.51. The number of aromatic nitrogens is 3. The van der Waals surface area contributed by atoms with Crippen molar-refractivity contribution in [1.82, 2.24) is 19.9 Å². The van der Waals surface area contributed by atoms with E-state index < -0.39 is 0 Å². The van der Waals surface area contributed by atoms with Crippen molar-refractivity contribution in [1.29, 1.82) is 0 Å². The third kappa shape index (κ3) is 4.72. The number of ether oxygens (including phenoxy) is 1. The number of pyridine rings is 1. The van der Waals surface area contributed by atoms with Crippen LogP contribution in [0.25, 0.3) is 11.3 Å². The summed E-state index contributed by atoms with van der Waals surface area (Å²) in [5.74, 6) is 0.659. The predicted molar refractivity (Wildman–Crippen MR) is 132 cm³/mol. The molecule has 180 valence electrons. The van der Waals surface area contributed by atoms with Crippen LogP contribution in [0.1, 0.15) is 42.2 Å². The number of nitrogens with zero attached hydrogens (tertiary/aromatic N) is 5. The van der Waals surface area contributed by atoms with Crippen LogP contribution in [-0.2, 0) is 9.53 Å². The van der Waals surface area contributed by atoms with E-state index in [1.54, 1.807) is 36.6 Å². The normalized spacial score (nSPS) is 19.7. The van der Waals surface area contributed by atoms with Crippen LogP contribution in [0.2, 0.25) is 0 Å². The number of carbonyl (C=O) groups is 2. The molecule has 0 saturated carbocycles. The number of hydrogen-bond donors (Lipinski definition) is 1. The first kappa shape index (κ1) is 22.9. The molecule has 0 bridgehead atoms. The van der Waals surface area contributed by atoms with Gasteiger partial charge in [-0.15, -0.1) is 0 Å². The summed E-state index contributed by atoms with van der Waals surface area (Å²) in [5.41, 5.74) is 4.11. The molecule has 1 fully saturated rings. The average molecular weight is 473 g/mol. The van der Waals surface area contributed by atoms with Crippen molar-refractivity contribution < 1.29 is 14.3 Å². The maximum Gasteiger partial charge on any atom is 0.255 e. The Labute approximate surface area is 204 Å². The highest BCUT2D eigenvalue weighted by Crippen LogP contribution is 2.40. The van der Waals surface area contributed by atoms with Crippen LogP contribution in [0.4, 0.5) is 11.5 Å². The fraction of sp³-hybridized carbons (Fsp3) is 0.346. The molecule has 2 aromatic heterocycles. The molecule has 3 aromatic rings. The molecular weight excluding hydrogens is 444 g/mol. The Kier molecular flexibility index (Phi) is 6.41. The Bertz CT molecular complexity index is 1210. The number of hydrogen-bond acceptors (Lipinski definition) is 7. The van der Waals surface area contributed by atoms with E-state index in [1.807, 2.05) is 29.2 Å². The fourth-order valence-electron chi connectivity index (χ4n) is 4.83. The van der Waals surface area contributed by atoms with Crippen molar-refractivity contribution in [3.8, 4) is 11.3 Å². The van der Waals surface area contributed by atoms with Gasteiger partial charge in [0, 0.05) is 55.9 Å². The molecule has 0 spiro atoms. The first-order valence-corrected chi connectivity index (χ1v) is 11.8. The van der Waals surface area contributed by atoms with Gasteiger partial charge in [-0.05, 0) is 43.2 Å². The van der Waals surface area contributed by atoms with Gasteiger partial charge in [-0.25, -0.2) is 4.98 Å². The molecule has 0 radical (unpaired) electrons. The zero-order valence-corrected chi connectivity index (χ0v) is 19.8. The van der Waals surface area contributed by atoms with Crippen LogP contribution in [0.15, 0.2) is 55.1 Å². The minimum atomic E-state index is -0.0468. The molecule has 2 amide bonds. The number of rotatable bonds is 4. The van der Waals surface area contributed by atoms with E-state index in [-0.39, 0.29) is 23.9 Å². The van der Waals surface area contributed by atoms with Gasteiger partial charge < -0.3 is 19.9 Å². The van der Waals surface area contributed by atoms with Crippen LogP contribution in [0.5, 0.6) is 0 Å². The summed E-state index contributed by atoms with van der Waals surface area (Å²) in [6, 6.07) is 9.68. The summed E-state index contributed by atoms with van der Waals surface area (Å²) < 4.78 is 5.34. The van der Waals surface area contributed by atoms with Crippen molar-refractivity contribution in [3.05, 3.63) is 66.2 Å². The number of anilines is 2. The molecule has 35 heavy (non-hydrogen) atoms. The van der Waals surface area contributed by atoms with Crippen LogP contribution < -0.4 is 10.2 Å². The average Bonchev–Trinajstić information content (AvgIpc) is 2.89. The van der Waals surface area contributed by atoms with Crippen molar-refractivity contribution >= 4 is 23.3 Å². The van der Waals surface area contributed by atoms with Gasteiger partial charge in [-0.3, -0.25) is 19.6 Å². The van der Waals surface area contributed by atoms with Gasteiger partial charge >= 0.3 is 0 Å². The van der Waals surface area contributed by atoms with E-state index >= 15 is 0 Å². The van der Waals surface area contributed by atoms with Gasteiger partial charge in [0.25, 0.3) is 5.91 Å². The Morgan fingerprint density at radius 1 is 1.06 bits per heavy atom. The molecule has 2 atom stereocenters. The van der Waals surface area contributed by atoms with Crippen LogP contribution in [0, 0.1) is 0 Å². The molecule has 1 saturated heterocycles. The number of nitrogens with one attached hydrogen (secondary N) is 1. The zero-order valence-electron chi connectivity index (χ0n) is 19.8. The number of morpholine rings is 1. The number of amides is 2. The van der Waals surface area contributed by atoms with Gasteiger partial charge in [0.1, 0.15) is 5.82 Å². The second-order valence-corrected chi connectivity index (χ2v) is 8.87. The number of carbonyl (C=O) groups excluding carboxylic acids is 2. The molecule has 2 aliphatic heterocycles. The van der Waals surface area contributed by atoms with Crippen molar-refractivity contribution in [2.75, 3.05) is 36.5 Å². The fourth-order valence-corrected chi connectivity index (χ4v) is 4.83. The predicted octanol–water partition coefficient (Wildman–Crippen LogP) is 3.31. The van der Waals surface area contributed by atoms with Gasteiger partial charge in [0.15, 0.2) is 0 Å². The summed E-state index contributed by atoms with van der Waals surface area (Å²) in [7, 11) is 0. The Morgan fingerprint density at radius 3 is 2.57 bits per heavy atom. The van der Waals surface area contributed by atoms with E-state index in [0.29, 0.717) is 37.7 Å². The van der Waals surface area contributed by atoms with Gasteiger partial charge in [0.2, 0.25) is 5.91 Å². The molecule has 2 aliphatic rings. The molecule has 0 unspecified atom stereocenters. The van der Waals surface area contributed by atoms with Crippen LogP contribution in [-0.4, -0.2) is 64.0 Å². The lowest BCUT2D eigenvalue weighted by atomic mass is 9.89. The minimum Gasteiger partial charge on any atom is -0.378 e. The van der Waals surface area contributed by atoms with Gasteiger partial charge in [-0.1, -0.05) is 6.07 Å². The first-order valence-electron chi connectivity index (χ1n) is 11.8. The molecule has 0 aliphatic carbocycles. The summed E-state index contributed by atoms with van der Waals surface area (Å²) in [6.07, 6.45) is 7.34. The van der Waals surface area contributed by atoms with Gasteiger partial charge in [-0.2, -0.15) is 0 Å². The van der Waals surface area contributed by atoms with E-state index in [4.69, 9.17) is 4.74 Å². The lowest BCUT2D eigenvalue weighted by molar-refractivity contribution is -0.117. The quantitative estimate of drug-likeness (QED) is 0.622. The number of fused-ring (bicyclic) bond motifs is 1. The van der Waals surface area contributed by atoms with E-state index in [9.17, 15) is 9.59 Å². The van der Waals surface area contributed by atoms with Crippen LogP contribution in [0.3, 0.4) is 0 Å². The molecule has 1 N–H and O–H groups in total. The Hall–Kier alpha value is -3.85. The zero-order chi connectivity index (χ0) is 24.4. The highest BCUT2D eigenvalue weighted by molar-refractivity contribution is 5.95. The van der Waals surface area contributed by atoms with Gasteiger partial charge in [0.05, 0.1) is 36.7 Å². The number of benzene rings is 1.